The molecule has 2 aromatic heterocycles. The van der Waals surface area contributed by atoms with Crippen LogP contribution in [0, 0.1) is 0 Å². The molecular weight excluding hydrogens is 301 g/mol. The van der Waals surface area contributed by atoms with Crippen molar-refractivity contribution in [1.82, 2.24) is 19.9 Å². The highest BCUT2D eigenvalue weighted by atomic mass is 19.4. The lowest BCUT2D eigenvalue weighted by Crippen LogP contribution is -2.18. The summed E-state index contributed by atoms with van der Waals surface area (Å²) in [5, 5.41) is 7.78. The number of nitrogens with zero attached hydrogens (tertiary/aromatic N) is 4. The zero-order chi connectivity index (χ0) is 15.6. The molecule has 1 fully saturated rings. The third-order valence-electron chi connectivity index (χ3n) is 3.38. The Kier molecular flexibility index (Phi) is 4.14. The zero-order valence-corrected chi connectivity index (χ0v) is 11.7. The second-order valence-electron chi connectivity index (χ2n) is 5.26. The van der Waals surface area contributed by atoms with E-state index in [9.17, 15) is 13.2 Å². The fraction of sp³-hybridized carbons (Fsp3) is 0.615. The molecular formula is C13H15F3N4O2. The average molecular weight is 316 g/mol. The molecule has 1 aliphatic heterocycles. The summed E-state index contributed by atoms with van der Waals surface area (Å²) in [6, 6.07) is 1.51. The van der Waals surface area contributed by atoms with Gasteiger partial charge in [-0.05, 0) is 18.9 Å². The topological polar surface area (TPSA) is 66.0 Å². The third kappa shape index (κ3) is 3.85. The Morgan fingerprint density at radius 3 is 2.95 bits per heavy atom. The first-order chi connectivity index (χ1) is 10.5. The first-order valence-corrected chi connectivity index (χ1v) is 6.99. The van der Waals surface area contributed by atoms with Crippen LogP contribution in [0.2, 0.25) is 0 Å². The van der Waals surface area contributed by atoms with Gasteiger partial charge in [-0.2, -0.15) is 23.3 Å². The van der Waals surface area contributed by atoms with Gasteiger partial charge in [0, 0.05) is 18.7 Å². The minimum absolute atomic E-state index is 0.119. The molecule has 0 saturated carbocycles. The van der Waals surface area contributed by atoms with Crippen LogP contribution in [0.15, 0.2) is 16.8 Å². The van der Waals surface area contributed by atoms with Crippen molar-refractivity contribution < 1.29 is 22.4 Å². The molecule has 0 amide bonds. The maximum absolute atomic E-state index is 12.3. The first-order valence-electron chi connectivity index (χ1n) is 6.99. The van der Waals surface area contributed by atoms with E-state index in [0.717, 1.165) is 24.1 Å². The summed E-state index contributed by atoms with van der Waals surface area (Å²) in [4.78, 5) is 4.28. The molecule has 1 atom stereocenters. The van der Waals surface area contributed by atoms with Crippen LogP contribution in [-0.2, 0) is 17.7 Å². The van der Waals surface area contributed by atoms with Gasteiger partial charge < -0.3 is 9.26 Å². The van der Waals surface area contributed by atoms with Crippen molar-refractivity contribution in [2.75, 3.05) is 13.2 Å². The zero-order valence-electron chi connectivity index (χ0n) is 11.7. The van der Waals surface area contributed by atoms with Gasteiger partial charge in [0.15, 0.2) is 5.82 Å². The molecule has 3 heterocycles. The summed E-state index contributed by atoms with van der Waals surface area (Å²) in [5.74, 6) is 1.05. The lowest BCUT2D eigenvalue weighted by Gasteiger charge is -2.18. The SMILES string of the molecule is FC(F)(F)Cn1ccc(Cc2nc(C3CCCOC3)no2)n1. The smallest absolute Gasteiger partial charge is 0.381 e. The standard InChI is InChI=1S/C13H15F3N4O2/c14-13(15,16)8-20-4-3-10(18-20)6-11-17-12(19-22-11)9-2-1-5-21-7-9/h3-4,9H,1-2,5-8H2. The van der Waals surface area contributed by atoms with E-state index in [-0.39, 0.29) is 12.3 Å². The maximum atomic E-state index is 12.3. The van der Waals surface area contributed by atoms with Gasteiger partial charge >= 0.3 is 6.18 Å². The quantitative estimate of drug-likeness (QED) is 0.866. The number of hydrogen-bond donors (Lipinski definition) is 0. The van der Waals surface area contributed by atoms with Crippen LogP contribution >= 0.6 is 0 Å². The molecule has 0 radical (unpaired) electrons. The minimum Gasteiger partial charge on any atom is -0.381 e. The van der Waals surface area contributed by atoms with Crippen LogP contribution in [0.1, 0.15) is 36.2 Å². The number of hydrogen-bond acceptors (Lipinski definition) is 5. The molecule has 0 bridgehead atoms. The van der Waals surface area contributed by atoms with E-state index in [0.29, 0.717) is 24.0 Å². The second-order valence-corrected chi connectivity index (χ2v) is 5.26. The van der Waals surface area contributed by atoms with Gasteiger partial charge in [0.1, 0.15) is 6.54 Å². The molecule has 3 rings (SSSR count). The van der Waals surface area contributed by atoms with Crippen LogP contribution in [0.25, 0.3) is 0 Å². The predicted molar refractivity (Wildman–Crippen MR) is 68.2 cm³/mol. The van der Waals surface area contributed by atoms with Gasteiger partial charge in [-0.3, -0.25) is 4.68 Å². The van der Waals surface area contributed by atoms with E-state index in [2.05, 4.69) is 15.2 Å². The number of ether oxygens (including phenoxy) is 1. The van der Waals surface area contributed by atoms with Gasteiger partial charge in [0.25, 0.3) is 0 Å². The van der Waals surface area contributed by atoms with E-state index in [1.54, 1.807) is 0 Å². The van der Waals surface area contributed by atoms with Crippen molar-refractivity contribution in [3.05, 3.63) is 29.7 Å². The van der Waals surface area contributed by atoms with Crippen LogP contribution < -0.4 is 0 Å². The number of rotatable bonds is 4. The van der Waals surface area contributed by atoms with Crippen LogP contribution in [-0.4, -0.2) is 39.3 Å². The highest BCUT2D eigenvalue weighted by molar-refractivity contribution is 5.07. The van der Waals surface area contributed by atoms with Gasteiger partial charge in [-0.25, -0.2) is 0 Å². The Bertz CT molecular complexity index is 617. The highest BCUT2D eigenvalue weighted by Crippen LogP contribution is 2.23. The summed E-state index contributed by atoms with van der Waals surface area (Å²) < 4.78 is 48.2. The molecule has 22 heavy (non-hydrogen) atoms. The van der Waals surface area contributed by atoms with Crippen LogP contribution in [0.3, 0.4) is 0 Å². The molecule has 0 aliphatic carbocycles. The Hall–Kier alpha value is -1.90. The largest absolute Gasteiger partial charge is 0.408 e. The lowest BCUT2D eigenvalue weighted by molar-refractivity contribution is -0.142. The fourth-order valence-corrected chi connectivity index (χ4v) is 2.37. The summed E-state index contributed by atoms with van der Waals surface area (Å²) in [6.45, 7) is 0.207. The van der Waals surface area contributed by atoms with Crippen molar-refractivity contribution >= 4 is 0 Å². The third-order valence-corrected chi connectivity index (χ3v) is 3.38. The van der Waals surface area contributed by atoms with E-state index in [1.807, 2.05) is 0 Å². The number of halogens is 3. The summed E-state index contributed by atoms with van der Waals surface area (Å²) in [6.07, 6.45) is -0.891. The highest BCUT2D eigenvalue weighted by Gasteiger charge is 2.28. The van der Waals surface area contributed by atoms with Gasteiger partial charge in [0.05, 0.1) is 18.7 Å². The fourth-order valence-electron chi connectivity index (χ4n) is 2.37. The summed E-state index contributed by atoms with van der Waals surface area (Å²) in [5.41, 5.74) is 0.458. The van der Waals surface area contributed by atoms with E-state index >= 15 is 0 Å². The monoisotopic (exact) mass is 316 g/mol. The Morgan fingerprint density at radius 1 is 1.36 bits per heavy atom. The van der Waals surface area contributed by atoms with Gasteiger partial charge in [0.2, 0.25) is 5.89 Å². The second kappa shape index (κ2) is 6.07. The summed E-state index contributed by atoms with van der Waals surface area (Å²) >= 11 is 0. The van der Waals surface area contributed by atoms with Gasteiger partial charge in [-0.1, -0.05) is 5.16 Å². The van der Waals surface area contributed by atoms with Crippen molar-refractivity contribution in [3.63, 3.8) is 0 Å². The average Bonchev–Trinajstić information content (AvgIpc) is 3.08. The molecule has 1 saturated heterocycles. The Balaban J connectivity index is 1.62. The maximum Gasteiger partial charge on any atom is 0.408 e. The normalized spacial score (nSPS) is 19.5. The lowest BCUT2D eigenvalue weighted by atomic mass is 10.0. The predicted octanol–water partition coefficient (Wildman–Crippen LogP) is 2.31. The summed E-state index contributed by atoms with van der Waals surface area (Å²) in [7, 11) is 0. The number of aromatic nitrogens is 4. The minimum atomic E-state index is -4.29. The molecule has 1 unspecified atom stereocenters. The molecule has 6 nitrogen and oxygen atoms in total. The van der Waals surface area contributed by atoms with E-state index < -0.39 is 12.7 Å². The first kappa shape index (κ1) is 15.0. The van der Waals surface area contributed by atoms with Crippen molar-refractivity contribution in [1.29, 1.82) is 0 Å². The van der Waals surface area contributed by atoms with E-state index in [1.165, 1.54) is 12.3 Å². The Labute approximate surface area is 124 Å². The van der Waals surface area contributed by atoms with Gasteiger partial charge in [-0.15, -0.1) is 0 Å². The molecule has 0 spiro atoms. The number of alkyl halides is 3. The van der Waals surface area contributed by atoms with E-state index in [4.69, 9.17) is 9.26 Å². The van der Waals surface area contributed by atoms with Crippen LogP contribution in [0.5, 0.6) is 0 Å². The Morgan fingerprint density at radius 2 is 2.23 bits per heavy atom. The van der Waals surface area contributed by atoms with Crippen molar-refractivity contribution in [3.8, 4) is 0 Å². The molecule has 2 aromatic rings. The van der Waals surface area contributed by atoms with Crippen molar-refractivity contribution in [2.24, 2.45) is 0 Å². The molecule has 9 heteroatoms. The van der Waals surface area contributed by atoms with Crippen LogP contribution in [0.4, 0.5) is 13.2 Å². The van der Waals surface area contributed by atoms with Crippen molar-refractivity contribution in [2.45, 2.75) is 37.9 Å². The molecule has 0 aromatic carbocycles. The molecule has 0 N–H and O–H groups in total. The molecule has 1 aliphatic rings. The molecule has 120 valence electrons.